The van der Waals surface area contributed by atoms with Crippen LogP contribution in [0.1, 0.15) is 271 Å². The molecule has 0 radical (unpaired) electrons. The van der Waals surface area contributed by atoms with Crippen molar-refractivity contribution in [3.63, 3.8) is 0 Å². The Kier molecular flexibility index (Phi) is 38.1. The third-order valence-corrected chi connectivity index (χ3v) is 27.4. The molecule has 0 saturated heterocycles. The molecule has 0 saturated carbocycles. The third-order valence-electron chi connectivity index (χ3n) is 27.4. The van der Waals surface area contributed by atoms with Crippen molar-refractivity contribution in [2.24, 2.45) is 0 Å². The van der Waals surface area contributed by atoms with Gasteiger partial charge in [-0.25, -0.2) is 19.0 Å². The number of non-ortho nitro benzene ring substituents is 1. The number of nitro groups is 1. The molecule has 16 rings (SSSR count). The van der Waals surface area contributed by atoms with E-state index in [0.29, 0.717) is 154 Å². The third kappa shape index (κ3) is 26.8. The monoisotopic (exact) mass is 2020 g/mol. The van der Waals surface area contributed by atoms with E-state index in [9.17, 15) is 73.7 Å². The number of aliphatic hydroxyl groups excluding tert-OH is 3. The second-order valence-electron chi connectivity index (χ2n) is 38.2. The number of hydrogen-bond acceptors (Lipinski definition) is 20. The van der Waals surface area contributed by atoms with E-state index in [4.69, 9.17) is 15.3 Å². The Balaban J connectivity index is 0.000000176. The topological polar surface area (TPSA) is 412 Å². The van der Waals surface area contributed by atoms with Crippen LogP contribution in [0, 0.1) is 30.9 Å². The maximum Gasteiger partial charge on any atom is 0.278 e. The van der Waals surface area contributed by atoms with Crippen molar-refractivity contribution in [2.75, 3.05) is 75.0 Å². The molecule has 778 valence electrons. The van der Waals surface area contributed by atoms with E-state index in [-0.39, 0.29) is 113 Å². The maximum absolute atomic E-state index is 14.6. The van der Waals surface area contributed by atoms with Gasteiger partial charge < -0.3 is 65.8 Å². The number of anilines is 3. The van der Waals surface area contributed by atoms with Gasteiger partial charge in [0.15, 0.2) is 22.8 Å². The van der Waals surface area contributed by atoms with Crippen LogP contribution in [0.25, 0.3) is 27.8 Å². The van der Waals surface area contributed by atoms with Crippen molar-refractivity contribution in [1.29, 1.82) is 0 Å². The zero-order chi connectivity index (χ0) is 106. The van der Waals surface area contributed by atoms with Gasteiger partial charge in [-0.05, 0) is 227 Å². The number of aromatic hydroxyl groups is 1. The number of rotatable bonds is 40. The average Bonchev–Trinajstić information content (AvgIpc) is 1.76. The van der Waals surface area contributed by atoms with Gasteiger partial charge in [-0.2, -0.15) is 15.3 Å². The number of aliphatic hydroxyl groups is 3. The molecule has 5 aromatic heterocycles. The van der Waals surface area contributed by atoms with Crippen molar-refractivity contribution in [3.8, 4) is 22.8 Å². The molecule has 3 aliphatic rings. The van der Waals surface area contributed by atoms with Gasteiger partial charge in [0.25, 0.3) is 52.9 Å². The van der Waals surface area contributed by atoms with Gasteiger partial charge in [0, 0.05) is 129 Å². The lowest BCUT2D eigenvalue weighted by molar-refractivity contribution is -0.384. The summed E-state index contributed by atoms with van der Waals surface area (Å²) >= 11 is 0. The number of carbonyl (C=O) groups is 9. The predicted molar refractivity (Wildman–Crippen MR) is 573 cm³/mol. The lowest BCUT2D eigenvalue weighted by Gasteiger charge is -2.36. The molecule has 3 atom stereocenters. The number of aromatic nitrogens is 8. The molecular weight excluding hydrogens is 1890 g/mol. The van der Waals surface area contributed by atoms with Crippen LogP contribution in [0.3, 0.4) is 0 Å². The highest BCUT2D eigenvalue weighted by molar-refractivity contribution is 6.08. The van der Waals surface area contributed by atoms with Crippen molar-refractivity contribution < 1.29 is 68.5 Å². The van der Waals surface area contributed by atoms with Crippen LogP contribution in [-0.2, 0) is 50.1 Å². The summed E-state index contributed by atoms with van der Waals surface area (Å²) in [5, 5.41) is 76.8. The number of nitro benzene ring substituents is 1. The van der Waals surface area contributed by atoms with Crippen molar-refractivity contribution >= 4 is 86.7 Å². The molecule has 7 N–H and O–H groups in total. The second kappa shape index (κ2) is 52.0. The molecule has 8 aromatic carbocycles. The molecule has 33 nitrogen and oxygen atoms in total. The summed E-state index contributed by atoms with van der Waals surface area (Å²) in [6.45, 7) is 22.3. The fraction of sp³-hybridized carbons (Fsp3) is 0.362. The second-order valence-corrected chi connectivity index (χ2v) is 38.2. The Bertz CT molecular complexity index is 6930. The lowest BCUT2D eigenvalue weighted by Crippen LogP contribution is -2.46. The van der Waals surface area contributed by atoms with Crippen LogP contribution in [0.4, 0.5) is 22.7 Å². The minimum atomic E-state index is -0.642. The number of aryl methyl sites for hydroxylation is 4. The van der Waals surface area contributed by atoms with Crippen LogP contribution in [0.15, 0.2) is 225 Å². The van der Waals surface area contributed by atoms with E-state index in [0.717, 1.165) is 127 Å². The van der Waals surface area contributed by atoms with E-state index in [1.54, 1.807) is 126 Å². The molecule has 0 spiro atoms. The van der Waals surface area contributed by atoms with Gasteiger partial charge in [-0.3, -0.25) is 58.2 Å². The minimum absolute atomic E-state index is 0.0170. The highest BCUT2D eigenvalue weighted by Gasteiger charge is 2.38. The predicted octanol–water partition coefficient (Wildman–Crippen LogP) is 18.4. The summed E-state index contributed by atoms with van der Waals surface area (Å²) in [7, 11) is 0. The fourth-order valence-electron chi connectivity index (χ4n) is 19.0. The van der Waals surface area contributed by atoms with Crippen LogP contribution >= 0.6 is 0 Å². The first-order chi connectivity index (χ1) is 72.2. The molecule has 0 aliphatic carbocycles. The number of amides is 9. The molecule has 8 heterocycles. The summed E-state index contributed by atoms with van der Waals surface area (Å²) in [5.41, 5.74) is 13.5. The summed E-state index contributed by atoms with van der Waals surface area (Å²) in [5.74, 6) is -3.02. The lowest BCUT2D eigenvalue weighted by atomic mass is 9.93. The van der Waals surface area contributed by atoms with E-state index >= 15 is 0 Å². The number of carbonyl (C=O) groups excluding carboxylic acids is 9. The zero-order valence-electron chi connectivity index (χ0n) is 86.3. The molecule has 9 amide bonds. The van der Waals surface area contributed by atoms with Crippen molar-refractivity contribution in [2.45, 2.75) is 216 Å². The molecule has 13 aromatic rings. The summed E-state index contributed by atoms with van der Waals surface area (Å²) in [4.78, 5) is 154. The van der Waals surface area contributed by atoms with Crippen LogP contribution < -0.4 is 16.0 Å². The normalized spacial score (nSPS) is 13.9. The highest BCUT2D eigenvalue weighted by Crippen LogP contribution is 2.36. The van der Waals surface area contributed by atoms with E-state index in [2.05, 4.69) is 67.5 Å². The summed E-state index contributed by atoms with van der Waals surface area (Å²) in [6, 6.07) is 61.2. The van der Waals surface area contributed by atoms with Crippen LogP contribution in [0.5, 0.6) is 5.75 Å². The largest absolute Gasteiger partial charge is 0.505 e. The average molecular weight is 2020 g/mol. The first kappa shape index (κ1) is 109. The number of unbranched alkanes of at least 4 members (excludes halogenated alkanes) is 6. The summed E-state index contributed by atoms with van der Waals surface area (Å²) in [6.07, 6.45) is 17.1. The van der Waals surface area contributed by atoms with Gasteiger partial charge in [0.1, 0.15) is 11.4 Å². The van der Waals surface area contributed by atoms with Gasteiger partial charge in [-0.15, -0.1) is 0 Å². The fourth-order valence-corrected chi connectivity index (χ4v) is 19.0. The zero-order valence-corrected chi connectivity index (χ0v) is 86.3. The van der Waals surface area contributed by atoms with Gasteiger partial charge >= 0.3 is 0 Å². The Hall–Kier alpha value is -15.7. The Labute approximate surface area is 868 Å². The molecule has 0 unspecified atom stereocenters. The van der Waals surface area contributed by atoms with Gasteiger partial charge in [-0.1, -0.05) is 189 Å². The molecule has 0 fully saturated rings. The minimum Gasteiger partial charge on any atom is -0.505 e. The van der Waals surface area contributed by atoms with Crippen LogP contribution in [0.2, 0.25) is 0 Å². The number of benzene rings is 8. The SMILES string of the molecule is CCCCN(CCCC)C(=O)c1cc(C)n(-c2ccc(NC(=O)CCCc3ccc([N+](=O)[O-])cc3)cc2C(=O)N2Cc3ccccc3C[C@H]2CO)n1.CCCCN(CCCC)C(=O)c1cc(C)n(-c2ccc(NC(=O)c3cc4ccccc4cn3)cc2C(=O)N2Cc3ccccc3C[C@H]2CO)n1.CCCCN(CCCC)C(=O)c1cc(C)n(-c2ccc(NC(=O)c3ncccc3O)cc2C(=O)N2Cc3ccccc3C[C@H]2CO)n1. The van der Waals surface area contributed by atoms with E-state index in [1.807, 2.05) is 133 Å². The number of pyridine rings is 2. The highest BCUT2D eigenvalue weighted by atomic mass is 16.6. The molecule has 149 heavy (non-hydrogen) atoms. The van der Waals surface area contributed by atoms with Crippen molar-refractivity contribution in [3.05, 3.63) is 336 Å². The molecule has 3 aliphatic heterocycles. The number of nitrogens with zero attached hydrogens (tertiary/aromatic N) is 15. The number of hydrogen-bond donors (Lipinski definition) is 7. The first-order valence-electron chi connectivity index (χ1n) is 51.8. The van der Waals surface area contributed by atoms with E-state index in [1.165, 1.54) is 30.5 Å². The smallest absolute Gasteiger partial charge is 0.278 e. The Morgan fingerprint density at radius 3 is 1.09 bits per heavy atom. The standard InChI is InChI=1S/C40H48N6O6.C40H44N6O4.C36H42N6O5/c1-4-6-21-43(22-7-5-2)40(50)36-23-28(3)45(42-36)37-20-17-32(41-38(48)14-10-11-29-15-18-33(19-16-29)46(51)52)25-35(37)39(49)44-26-31-13-9-8-12-30(31)24-34(44)27-47;1-4-6-18-44(19-7-5-2)40(50)36-20-27(3)46(43-36)37-17-16-32(42-38(48)35-22-29-13-8-10-14-30(29)24-41-35)23-34(37)39(49)45-25-31-15-11-9-12-28(31)21-33(45)26-47;1-4-6-17-40(18-7-5-2)36(47)30-19-24(3)42(39-30)31-15-14-27(38-34(45)33-32(44)13-10-16-37-33)21-29(31)35(46)41-22-26-12-9-8-11-25(26)20-28(41)23-43/h8-9,12-13,15-20,23,25,34,47H,4-7,10-11,14,21-22,24,26-27H2,1-3H3,(H,41,48);8-17,20,22-24,33,47H,4-7,18-19,21,25-26H2,1-3H3,(H,42,48);8-16,19,21,28,43-44H,4-7,17-18,20,22-23H2,1-3H3,(H,38,45)/t34-;33-;28-/m000/s1. The van der Waals surface area contributed by atoms with Crippen LogP contribution in [-0.4, -0.2) is 224 Å². The summed E-state index contributed by atoms with van der Waals surface area (Å²) < 4.78 is 4.82. The Morgan fingerprint density at radius 2 is 0.738 bits per heavy atom. The molecule has 0 bridgehead atoms. The number of fused-ring (bicyclic) bond motifs is 4. The quantitative estimate of drug-likeness (QED) is 0.0138. The Morgan fingerprint density at radius 1 is 0.389 bits per heavy atom. The maximum atomic E-state index is 14.6. The van der Waals surface area contributed by atoms with Gasteiger partial charge in [0.05, 0.1) is 76.6 Å². The van der Waals surface area contributed by atoms with E-state index < -0.39 is 34.9 Å². The molecular formula is C116H134N18O15. The first-order valence-corrected chi connectivity index (χ1v) is 51.8. The number of nitrogens with one attached hydrogen (secondary N) is 3. The molecule has 33 heteroatoms. The van der Waals surface area contributed by atoms with Crippen molar-refractivity contribution in [1.82, 2.24) is 68.7 Å². The van der Waals surface area contributed by atoms with Gasteiger partial charge in [0.2, 0.25) is 5.91 Å².